The van der Waals surface area contributed by atoms with E-state index in [-0.39, 0.29) is 5.91 Å². The Morgan fingerprint density at radius 3 is 2.12 bits per heavy atom. The van der Waals surface area contributed by atoms with Crippen LogP contribution < -0.4 is 0 Å². The first kappa shape index (κ1) is 13.8. The van der Waals surface area contributed by atoms with E-state index in [2.05, 4.69) is 32.6 Å². The zero-order valence-electron chi connectivity index (χ0n) is 10.9. The Morgan fingerprint density at radius 2 is 1.69 bits per heavy atom. The maximum atomic E-state index is 12.2. The van der Waals surface area contributed by atoms with Gasteiger partial charge in [0, 0.05) is 36.7 Å². The first-order valence-corrected chi connectivity index (χ1v) is 7.29. The van der Waals surface area contributed by atoms with E-state index in [1.54, 1.807) is 0 Å². The Kier molecular flexibility index (Phi) is 5.62. The Morgan fingerprint density at radius 1 is 1.19 bits per heavy atom. The molecule has 94 valence electrons. The molecule has 0 radical (unpaired) electrons. The summed E-state index contributed by atoms with van der Waals surface area (Å²) in [4.78, 5) is 16.4. The van der Waals surface area contributed by atoms with Crippen LogP contribution in [0.2, 0.25) is 0 Å². The predicted molar refractivity (Wildman–Crippen MR) is 70.9 cm³/mol. The quantitative estimate of drug-likeness (QED) is 0.752. The fraction of sp³-hybridized carbons (Fsp3) is 0.917. The van der Waals surface area contributed by atoms with Crippen molar-refractivity contribution in [2.24, 2.45) is 0 Å². The third-order valence-corrected chi connectivity index (χ3v) is 3.81. The van der Waals surface area contributed by atoms with Gasteiger partial charge in [-0.3, -0.25) is 9.69 Å². The van der Waals surface area contributed by atoms with E-state index in [0.29, 0.717) is 18.6 Å². The molecule has 0 atom stereocenters. The molecule has 0 aromatic carbocycles. The Balaban J connectivity index is 2.47. The van der Waals surface area contributed by atoms with Crippen molar-refractivity contribution in [1.29, 1.82) is 0 Å². The van der Waals surface area contributed by atoms with Crippen molar-refractivity contribution >= 4 is 17.7 Å². The second kappa shape index (κ2) is 6.50. The maximum Gasteiger partial charge on any atom is 0.237 e. The first-order valence-electron chi connectivity index (χ1n) is 6.13. The molecule has 0 bridgehead atoms. The SMILES string of the molecule is CC(C)N(C(=O)CN1CCSCC1)C(C)C. The Labute approximate surface area is 104 Å². The number of hydrogen-bond donors (Lipinski definition) is 0. The minimum atomic E-state index is 0.275. The molecule has 1 aliphatic heterocycles. The molecule has 0 aromatic rings. The highest BCUT2D eigenvalue weighted by atomic mass is 32.2. The van der Waals surface area contributed by atoms with E-state index in [1.807, 2.05) is 16.7 Å². The molecule has 1 amide bonds. The molecule has 3 nitrogen and oxygen atoms in total. The van der Waals surface area contributed by atoms with Crippen LogP contribution >= 0.6 is 11.8 Å². The predicted octanol–water partition coefficient (Wildman–Crippen LogP) is 1.68. The Bertz CT molecular complexity index is 217. The molecule has 0 N–H and O–H groups in total. The highest BCUT2D eigenvalue weighted by molar-refractivity contribution is 7.99. The van der Waals surface area contributed by atoms with Crippen molar-refractivity contribution in [3.8, 4) is 0 Å². The summed E-state index contributed by atoms with van der Waals surface area (Å²) in [6.07, 6.45) is 0. The molecule has 0 spiro atoms. The van der Waals surface area contributed by atoms with Crippen LogP contribution in [0.15, 0.2) is 0 Å². The van der Waals surface area contributed by atoms with E-state index in [9.17, 15) is 4.79 Å². The average Bonchev–Trinajstić information content (AvgIpc) is 2.17. The molecule has 1 fully saturated rings. The van der Waals surface area contributed by atoms with Gasteiger partial charge in [-0.15, -0.1) is 0 Å². The van der Waals surface area contributed by atoms with Crippen LogP contribution in [-0.2, 0) is 4.79 Å². The van der Waals surface area contributed by atoms with E-state index in [0.717, 1.165) is 24.6 Å². The number of carbonyl (C=O) groups excluding carboxylic acids is 1. The lowest BCUT2D eigenvalue weighted by atomic mass is 10.2. The summed E-state index contributed by atoms with van der Waals surface area (Å²) in [5.74, 6) is 2.60. The largest absolute Gasteiger partial charge is 0.337 e. The van der Waals surface area contributed by atoms with Gasteiger partial charge in [-0.2, -0.15) is 11.8 Å². The van der Waals surface area contributed by atoms with Crippen LogP contribution in [-0.4, -0.2) is 58.9 Å². The number of rotatable bonds is 4. The van der Waals surface area contributed by atoms with Crippen molar-refractivity contribution in [3.05, 3.63) is 0 Å². The lowest BCUT2D eigenvalue weighted by molar-refractivity contribution is -0.135. The second-order valence-electron chi connectivity index (χ2n) is 4.88. The van der Waals surface area contributed by atoms with E-state index < -0.39 is 0 Å². The minimum Gasteiger partial charge on any atom is -0.337 e. The lowest BCUT2D eigenvalue weighted by Gasteiger charge is -2.34. The van der Waals surface area contributed by atoms with Crippen molar-refractivity contribution in [2.75, 3.05) is 31.1 Å². The van der Waals surface area contributed by atoms with Crippen molar-refractivity contribution in [1.82, 2.24) is 9.80 Å². The standard InChI is InChI=1S/C12H24N2OS/c1-10(2)14(11(3)4)12(15)9-13-5-7-16-8-6-13/h10-11H,5-9H2,1-4H3. The van der Waals surface area contributed by atoms with Crippen LogP contribution in [0.5, 0.6) is 0 Å². The maximum absolute atomic E-state index is 12.2. The normalized spacial score (nSPS) is 18.1. The third kappa shape index (κ3) is 3.98. The zero-order chi connectivity index (χ0) is 12.1. The molecule has 0 aromatic heterocycles. The van der Waals surface area contributed by atoms with Crippen molar-refractivity contribution in [2.45, 2.75) is 39.8 Å². The fourth-order valence-corrected chi connectivity index (χ4v) is 3.18. The smallest absolute Gasteiger partial charge is 0.237 e. The number of amides is 1. The van der Waals surface area contributed by atoms with Crippen molar-refractivity contribution < 1.29 is 4.79 Å². The summed E-state index contributed by atoms with van der Waals surface area (Å²) in [5, 5.41) is 0. The van der Waals surface area contributed by atoms with Gasteiger partial charge in [-0.05, 0) is 27.7 Å². The van der Waals surface area contributed by atoms with E-state index in [1.165, 1.54) is 0 Å². The van der Waals surface area contributed by atoms with E-state index in [4.69, 9.17) is 0 Å². The monoisotopic (exact) mass is 244 g/mol. The summed E-state index contributed by atoms with van der Waals surface area (Å²) in [5.41, 5.74) is 0. The van der Waals surface area contributed by atoms with Crippen LogP contribution in [0.3, 0.4) is 0 Å². The van der Waals surface area contributed by atoms with Gasteiger partial charge < -0.3 is 4.90 Å². The van der Waals surface area contributed by atoms with Gasteiger partial charge in [-0.1, -0.05) is 0 Å². The van der Waals surface area contributed by atoms with E-state index >= 15 is 0 Å². The molecule has 4 heteroatoms. The highest BCUT2D eigenvalue weighted by Crippen LogP contribution is 2.11. The molecule has 1 saturated heterocycles. The van der Waals surface area contributed by atoms with Gasteiger partial charge >= 0.3 is 0 Å². The first-order chi connectivity index (χ1) is 7.52. The summed E-state index contributed by atoms with van der Waals surface area (Å²) in [6.45, 7) is 11.1. The van der Waals surface area contributed by atoms with Crippen LogP contribution in [0.1, 0.15) is 27.7 Å². The summed E-state index contributed by atoms with van der Waals surface area (Å²) >= 11 is 1.98. The molecule has 16 heavy (non-hydrogen) atoms. The molecule has 0 saturated carbocycles. The number of nitrogens with zero attached hydrogens (tertiary/aromatic N) is 2. The highest BCUT2D eigenvalue weighted by Gasteiger charge is 2.22. The molecule has 0 unspecified atom stereocenters. The lowest BCUT2D eigenvalue weighted by Crippen LogP contribution is -2.48. The zero-order valence-corrected chi connectivity index (χ0v) is 11.7. The fourth-order valence-electron chi connectivity index (χ4n) is 2.20. The number of thioether (sulfide) groups is 1. The Hall–Kier alpha value is -0.220. The van der Waals surface area contributed by atoms with Crippen LogP contribution in [0, 0.1) is 0 Å². The van der Waals surface area contributed by atoms with Gasteiger partial charge in [-0.25, -0.2) is 0 Å². The van der Waals surface area contributed by atoms with Gasteiger partial charge in [0.2, 0.25) is 5.91 Å². The third-order valence-electron chi connectivity index (χ3n) is 2.86. The molecule has 1 heterocycles. The summed E-state index contributed by atoms with van der Waals surface area (Å²) in [7, 11) is 0. The molecule has 1 aliphatic rings. The summed E-state index contributed by atoms with van der Waals surface area (Å²) < 4.78 is 0. The molecule has 1 rings (SSSR count). The van der Waals surface area contributed by atoms with Crippen LogP contribution in [0.25, 0.3) is 0 Å². The number of carbonyl (C=O) groups is 1. The summed E-state index contributed by atoms with van der Waals surface area (Å²) in [6, 6.07) is 0.596. The van der Waals surface area contributed by atoms with Gasteiger partial charge in [0.25, 0.3) is 0 Å². The van der Waals surface area contributed by atoms with Crippen molar-refractivity contribution in [3.63, 3.8) is 0 Å². The van der Waals surface area contributed by atoms with Gasteiger partial charge in [0.15, 0.2) is 0 Å². The molecule has 0 aliphatic carbocycles. The molecular weight excluding hydrogens is 220 g/mol. The topological polar surface area (TPSA) is 23.6 Å². The second-order valence-corrected chi connectivity index (χ2v) is 6.10. The minimum absolute atomic E-state index is 0.275. The van der Waals surface area contributed by atoms with Gasteiger partial charge in [0.1, 0.15) is 0 Å². The molecular formula is C12H24N2OS. The number of hydrogen-bond acceptors (Lipinski definition) is 3. The average molecular weight is 244 g/mol. The van der Waals surface area contributed by atoms with Gasteiger partial charge in [0.05, 0.1) is 6.54 Å². The van der Waals surface area contributed by atoms with Crippen LogP contribution in [0.4, 0.5) is 0 Å².